The van der Waals surface area contributed by atoms with Crippen molar-refractivity contribution in [2.45, 2.75) is 53.4 Å². The summed E-state index contributed by atoms with van der Waals surface area (Å²) in [4.78, 5) is 17.6. The number of nitrogens with one attached hydrogen (secondary N) is 1. The van der Waals surface area contributed by atoms with Crippen LogP contribution in [0, 0.1) is 29.1 Å². The van der Waals surface area contributed by atoms with Gasteiger partial charge in [0, 0.05) is 63.6 Å². The van der Waals surface area contributed by atoms with E-state index < -0.39 is 21.3 Å². The molecule has 3 fully saturated rings. The number of nitriles is 1. The number of ether oxygens (including phenoxy) is 1. The average Bonchev–Trinajstić information content (AvgIpc) is 3.66. The smallest absolute Gasteiger partial charge is 0.407 e. The highest BCUT2D eigenvalue weighted by Crippen LogP contribution is 2.51. The molecule has 3 heterocycles. The molecule has 11 heteroatoms. The number of halogens is 1. The largest absolute Gasteiger partial charge is 0.446 e. The first-order chi connectivity index (χ1) is 22.1. The Balaban J connectivity index is 1.07. The molecule has 2 aromatic carbocycles. The van der Waals surface area contributed by atoms with Gasteiger partial charge in [-0.3, -0.25) is 0 Å². The summed E-state index contributed by atoms with van der Waals surface area (Å²) >= 11 is 3.37. The van der Waals surface area contributed by atoms with E-state index >= 15 is 0 Å². The number of carbonyl (C=O) groups is 1. The fourth-order valence-electron chi connectivity index (χ4n) is 8.01. The Kier molecular flexibility index (Phi) is 9.51. The predicted molar refractivity (Wildman–Crippen MR) is 180 cm³/mol. The number of carbonyl (C=O) groups excluding carboxylic acids is 1. The lowest BCUT2D eigenvalue weighted by atomic mass is 9.59. The SMILES string of the molecule is CNC(=O)O[C@@H]1CCC[C@H]1C(C#N)(c1ccccc1)C1CCN(CC2CN(c3ccc(S(=O)(=O)c4cn(C)cc4Br)cc3)C2)CC1. The maximum Gasteiger partial charge on any atom is 0.407 e. The van der Waals surface area contributed by atoms with E-state index in [-0.39, 0.29) is 27.7 Å². The number of amides is 1. The van der Waals surface area contributed by atoms with Crippen molar-refractivity contribution in [3.63, 3.8) is 0 Å². The Morgan fingerprint density at radius 2 is 1.74 bits per heavy atom. The van der Waals surface area contributed by atoms with Gasteiger partial charge in [-0.2, -0.15) is 5.26 Å². The number of hydrogen-bond donors (Lipinski definition) is 1. The van der Waals surface area contributed by atoms with Crippen molar-refractivity contribution in [3.8, 4) is 6.07 Å². The monoisotopic (exact) mass is 707 g/mol. The minimum Gasteiger partial charge on any atom is -0.446 e. The number of likely N-dealkylation sites (tertiary alicyclic amines) is 1. The van der Waals surface area contributed by atoms with Crippen molar-refractivity contribution in [2.75, 3.05) is 44.7 Å². The van der Waals surface area contributed by atoms with Crippen LogP contribution in [-0.2, 0) is 27.0 Å². The Morgan fingerprint density at radius 1 is 1.04 bits per heavy atom. The second-order valence-corrected chi connectivity index (χ2v) is 15.8. The normalized spacial score (nSPS) is 22.5. The van der Waals surface area contributed by atoms with Crippen molar-refractivity contribution < 1.29 is 17.9 Å². The number of aryl methyl sites for hydroxylation is 1. The first-order valence-electron chi connectivity index (χ1n) is 16.1. The van der Waals surface area contributed by atoms with Crippen LogP contribution in [0.1, 0.15) is 37.7 Å². The maximum atomic E-state index is 13.1. The van der Waals surface area contributed by atoms with E-state index in [1.54, 1.807) is 43.2 Å². The molecule has 0 radical (unpaired) electrons. The fourth-order valence-corrected chi connectivity index (χ4v) is 10.4. The van der Waals surface area contributed by atoms with E-state index in [4.69, 9.17) is 4.74 Å². The van der Waals surface area contributed by atoms with Gasteiger partial charge >= 0.3 is 6.09 Å². The first kappa shape index (κ1) is 32.6. The Labute approximate surface area is 280 Å². The fraction of sp³-hybridized carbons (Fsp3) is 0.486. The highest BCUT2D eigenvalue weighted by atomic mass is 79.9. The summed E-state index contributed by atoms with van der Waals surface area (Å²) in [5, 5.41) is 13.5. The molecule has 1 aliphatic carbocycles. The third-order valence-corrected chi connectivity index (χ3v) is 13.0. The minimum atomic E-state index is -3.60. The quantitative estimate of drug-likeness (QED) is 0.302. The predicted octanol–water partition coefficient (Wildman–Crippen LogP) is 5.75. The van der Waals surface area contributed by atoms with Gasteiger partial charge in [-0.25, -0.2) is 13.2 Å². The van der Waals surface area contributed by atoms with Crippen molar-refractivity contribution >= 4 is 37.5 Å². The van der Waals surface area contributed by atoms with E-state index in [1.165, 1.54) is 0 Å². The summed E-state index contributed by atoms with van der Waals surface area (Å²) in [6, 6.07) is 20.2. The molecule has 244 valence electrons. The number of nitrogens with zero attached hydrogens (tertiary/aromatic N) is 4. The zero-order valence-corrected chi connectivity index (χ0v) is 28.8. The summed E-state index contributed by atoms with van der Waals surface area (Å²) in [6.45, 7) is 4.75. The lowest BCUT2D eigenvalue weighted by molar-refractivity contribution is 0.0307. The van der Waals surface area contributed by atoms with Gasteiger partial charge in [-0.1, -0.05) is 30.3 Å². The van der Waals surface area contributed by atoms with Crippen molar-refractivity contribution in [3.05, 3.63) is 77.0 Å². The van der Waals surface area contributed by atoms with Gasteiger partial charge in [-0.15, -0.1) is 0 Å². The van der Waals surface area contributed by atoms with E-state index in [9.17, 15) is 18.5 Å². The van der Waals surface area contributed by atoms with Gasteiger partial charge < -0.3 is 24.4 Å². The van der Waals surface area contributed by atoms with Crippen LogP contribution in [0.3, 0.4) is 0 Å². The van der Waals surface area contributed by atoms with E-state index in [1.807, 2.05) is 30.3 Å². The molecule has 3 aliphatic rings. The molecule has 9 nitrogen and oxygen atoms in total. The first-order valence-corrected chi connectivity index (χ1v) is 18.4. The van der Waals surface area contributed by atoms with Gasteiger partial charge in [-0.05, 0) is 96.9 Å². The number of anilines is 1. The van der Waals surface area contributed by atoms with Gasteiger partial charge in [0.25, 0.3) is 0 Å². The van der Waals surface area contributed by atoms with Crippen LogP contribution in [0.15, 0.2) is 81.3 Å². The number of rotatable bonds is 9. The average molecular weight is 709 g/mol. The van der Waals surface area contributed by atoms with Crippen molar-refractivity contribution in [1.82, 2.24) is 14.8 Å². The molecule has 2 saturated heterocycles. The Hall–Kier alpha value is -3.33. The van der Waals surface area contributed by atoms with Gasteiger partial charge in [0.05, 0.1) is 20.9 Å². The molecule has 1 saturated carbocycles. The Bertz CT molecular complexity index is 1680. The van der Waals surface area contributed by atoms with E-state index in [0.717, 1.165) is 76.1 Å². The number of sulfone groups is 1. The second kappa shape index (κ2) is 13.4. The molecule has 46 heavy (non-hydrogen) atoms. The molecule has 2 aliphatic heterocycles. The summed E-state index contributed by atoms with van der Waals surface area (Å²) < 4.78 is 34.4. The summed E-state index contributed by atoms with van der Waals surface area (Å²) in [6.07, 6.45) is 7.12. The highest BCUT2D eigenvalue weighted by Gasteiger charge is 2.53. The zero-order valence-electron chi connectivity index (χ0n) is 26.4. The summed E-state index contributed by atoms with van der Waals surface area (Å²) in [7, 11) is -0.219. The molecule has 3 aromatic rings. The molecule has 3 atom stereocenters. The molecule has 1 aromatic heterocycles. The van der Waals surface area contributed by atoms with Crippen LogP contribution in [-0.4, -0.2) is 69.9 Å². The highest BCUT2D eigenvalue weighted by molar-refractivity contribution is 9.10. The van der Waals surface area contributed by atoms with Crippen LogP contribution in [0.5, 0.6) is 0 Å². The topological polar surface area (TPSA) is 108 Å². The number of alkyl carbamates (subject to hydrolysis) is 1. The summed E-state index contributed by atoms with van der Waals surface area (Å²) in [5.41, 5.74) is 1.37. The molecule has 1 unspecified atom stereocenters. The molecule has 0 bridgehead atoms. The van der Waals surface area contributed by atoms with Crippen molar-refractivity contribution in [1.29, 1.82) is 5.26 Å². The lowest BCUT2D eigenvalue weighted by Gasteiger charge is -2.47. The molecule has 1 N–H and O–H groups in total. The van der Waals surface area contributed by atoms with Crippen LogP contribution < -0.4 is 10.2 Å². The van der Waals surface area contributed by atoms with Crippen LogP contribution in [0.2, 0.25) is 0 Å². The molecular weight excluding hydrogens is 666 g/mol. The number of hydrogen-bond acceptors (Lipinski definition) is 7. The second-order valence-electron chi connectivity index (χ2n) is 13.1. The van der Waals surface area contributed by atoms with E-state index in [2.05, 4.69) is 49.2 Å². The lowest BCUT2D eigenvalue weighted by Crippen LogP contribution is -2.54. The third-order valence-electron chi connectivity index (χ3n) is 10.3. The number of benzene rings is 2. The maximum absolute atomic E-state index is 13.1. The zero-order chi connectivity index (χ0) is 32.5. The van der Waals surface area contributed by atoms with Gasteiger partial charge in [0.1, 0.15) is 11.0 Å². The molecule has 0 spiro atoms. The number of aromatic nitrogens is 1. The van der Waals surface area contributed by atoms with Crippen molar-refractivity contribution in [2.24, 2.45) is 24.8 Å². The van der Waals surface area contributed by atoms with Crippen LogP contribution >= 0.6 is 15.9 Å². The molecule has 1 amide bonds. The summed E-state index contributed by atoms with van der Waals surface area (Å²) in [5.74, 6) is 0.680. The molecule has 6 rings (SSSR count). The molecular formula is C35H42BrN5O4S. The van der Waals surface area contributed by atoms with Gasteiger partial charge in [0.2, 0.25) is 9.84 Å². The Morgan fingerprint density at radius 3 is 2.35 bits per heavy atom. The third kappa shape index (κ3) is 6.19. The standard InChI is InChI=1S/C35H42BrN5O4S/c1-38-34(42)45-32-10-6-9-30(32)35(24-37,26-7-4-3-5-8-26)27-15-17-40(18-16-27)19-25-20-41(21-25)28-11-13-29(14-12-28)46(43,44)33-23-39(2)22-31(33)36/h3-5,7-8,11-14,22-23,25,27,30,32H,6,9-10,15-21H2,1-2H3,(H,38,42)/t30-,32-,35?/m1/s1. The number of piperidine rings is 1. The minimum absolute atomic E-state index is 0.0375. The van der Waals surface area contributed by atoms with Gasteiger partial charge in [0.15, 0.2) is 0 Å². The van der Waals surface area contributed by atoms with Crippen LogP contribution in [0.4, 0.5) is 10.5 Å². The van der Waals surface area contributed by atoms with E-state index in [0.29, 0.717) is 10.4 Å². The van der Waals surface area contributed by atoms with Crippen LogP contribution in [0.25, 0.3) is 0 Å².